The maximum atomic E-state index is 12.9. The van der Waals surface area contributed by atoms with Crippen molar-refractivity contribution in [2.24, 2.45) is 11.8 Å². The van der Waals surface area contributed by atoms with Gasteiger partial charge in [-0.2, -0.15) is 5.26 Å². The first-order chi connectivity index (χ1) is 10.8. The van der Waals surface area contributed by atoms with Crippen LogP contribution in [-0.2, 0) is 14.3 Å². The molecule has 3 aliphatic rings. The standard InChI is InChI=1S/C16H15N3O4/c1-15-6-10(20)16(2,23-15)12-11(15)13(21)19(14(12)22)9-3-4-18-8(5-9)7-17/h3-5,10-12,20H,6H2,1-2H3/t10-,11+,12-,15+,16-/m0/s1. The number of anilines is 1. The molecule has 7 heteroatoms. The van der Waals surface area contributed by atoms with Crippen LogP contribution in [-0.4, -0.2) is 39.2 Å². The second-order valence-corrected chi connectivity index (χ2v) is 6.80. The Bertz CT molecular complexity index is 788. The number of hydrogen-bond acceptors (Lipinski definition) is 6. The highest BCUT2D eigenvalue weighted by atomic mass is 16.6. The zero-order valence-electron chi connectivity index (χ0n) is 12.7. The molecule has 0 aromatic carbocycles. The zero-order chi connectivity index (χ0) is 16.6. The van der Waals surface area contributed by atoms with Gasteiger partial charge in [0.1, 0.15) is 17.4 Å². The lowest BCUT2D eigenvalue weighted by atomic mass is 9.67. The Hall–Kier alpha value is -2.30. The number of fused-ring (bicyclic) bond motifs is 5. The molecule has 0 unspecified atom stereocenters. The number of pyridine rings is 1. The highest BCUT2D eigenvalue weighted by molar-refractivity contribution is 6.23. The third-order valence-corrected chi connectivity index (χ3v) is 5.41. The lowest BCUT2D eigenvalue weighted by Crippen LogP contribution is -2.49. The van der Waals surface area contributed by atoms with Crippen LogP contribution in [0, 0.1) is 23.2 Å². The number of aliphatic hydroxyl groups excluding tert-OH is 1. The summed E-state index contributed by atoms with van der Waals surface area (Å²) in [6.45, 7) is 3.46. The third-order valence-electron chi connectivity index (χ3n) is 5.41. The van der Waals surface area contributed by atoms with Crippen LogP contribution in [0.3, 0.4) is 0 Å². The molecule has 0 aliphatic carbocycles. The molecule has 1 aromatic rings. The quantitative estimate of drug-likeness (QED) is 0.751. The van der Waals surface area contributed by atoms with Crippen LogP contribution in [0.5, 0.6) is 0 Å². The minimum Gasteiger partial charge on any atom is -0.390 e. The predicted molar refractivity (Wildman–Crippen MR) is 76.9 cm³/mol. The van der Waals surface area contributed by atoms with E-state index in [2.05, 4.69) is 4.98 Å². The van der Waals surface area contributed by atoms with Gasteiger partial charge in [0.05, 0.1) is 29.2 Å². The van der Waals surface area contributed by atoms with Crippen LogP contribution in [0.15, 0.2) is 18.3 Å². The van der Waals surface area contributed by atoms with E-state index >= 15 is 0 Å². The predicted octanol–water partition coefficient (Wildman–Crippen LogP) is 0.371. The molecule has 3 aliphatic heterocycles. The van der Waals surface area contributed by atoms with Crippen molar-refractivity contribution in [1.82, 2.24) is 4.98 Å². The van der Waals surface area contributed by atoms with Gasteiger partial charge in [-0.25, -0.2) is 9.88 Å². The number of nitrogens with zero attached hydrogens (tertiary/aromatic N) is 3. The third kappa shape index (κ3) is 1.57. The number of carbonyl (C=O) groups is 2. The van der Waals surface area contributed by atoms with Gasteiger partial charge in [-0.3, -0.25) is 9.59 Å². The van der Waals surface area contributed by atoms with Crippen LogP contribution in [0.2, 0.25) is 0 Å². The van der Waals surface area contributed by atoms with Crippen molar-refractivity contribution >= 4 is 17.5 Å². The summed E-state index contributed by atoms with van der Waals surface area (Å²) in [6, 6.07) is 4.84. The number of ether oxygens (including phenoxy) is 1. The van der Waals surface area contributed by atoms with E-state index in [-0.39, 0.29) is 17.5 Å². The van der Waals surface area contributed by atoms with E-state index in [0.29, 0.717) is 12.1 Å². The molecule has 5 atom stereocenters. The fraction of sp³-hybridized carbons (Fsp3) is 0.500. The largest absolute Gasteiger partial charge is 0.390 e. The van der Waals surface area contributed by atoms with E-state index < -0.39 is 29.1 Å². The van der Waals surface area contributed by atoms with E-state index in [1.807, 2.05) is 6.07 Å². The molecule has 0 saturated carbocycles. The molecule has 4 heterocycles. The molecular weight excluding hydrogens is 298 g/mol. The van der Waals surface area contributed by atoms with Crippen LogP contribution < -0.4 is 4.90 Å². The van der Waals surface area contributed by atoms with Crippen molar-refractivity contribution < 1.29 is 19.4 Å². The van der Waals surface area contributed by atoms with Crippen molar-refractivity contribution in [3.05, 3.63) is 24.0 Å². The Balaban J connectivity index is 1.81. The first kappa shape index (κ1) is 14.3. The highest BCUT2D eigenvalue weighted by Crippen LogP contribution is 2.60. The number of amides is 2. The molecule has 1 N–H and O–H groups in total. The average Bonchev–Trinajstić information content (AvgIpc) is 3.01. The summed E-state index contributed by atoms with van der Waals surface area (Å²) in [5.74, 6) is -2.04. The summed E-state index contributed by atoms with van der Waals surface area (Å²) in [4.78, 5) is 30.7. The van der Waals surface area contributed by atoms with Gasteiger partial charge in [-0.05, 0) is 26.0 Å². The van der Waals surface area contributed by atoms with Crippen molar-refractivity contribution in [1.29, 1.82) is 5.26 Å². The molecule has 7 nitrogen and oxygen atoms in total. The molecule has 118 valence electrons. The number of hydrogen-bond donors (Lipinski definition) is 1. The maximum Gasteiger partial charge on any atom is 0.240 e. The summed E-state index contributed by atoms with van der Waals surface area (Å²) in [5, 5.41) is 19.2. The second-order valence-electron chi connectivity index (χ2n) is 6.80. The number of rotatable bonds is 1. The van der Waals surface area contributed by atoms with Crippen LogP contribution in [0.4, 0.5) is 5.69 Å². The summed E-state index contributed by atoms with van der Waals surface area (Å²) in [7, 11) is 0. The van der Waals surface area contributed by atoms with Crippen LogP contribution in [0.1, 0.15) is 26.0 Å². The van der Waals surface area contributed by atoms with Crippen LogP contribution >= 0.6 is 0 Å². The Morgan fingerprint density at radius 3 is 2.78 bits per heavy atom. The Kier molecular flexibility index (Phi) is 2.59. The van der Waals surface area contributed by atoms with Crippen LogP contribution in [0.25, 0.3) is 0 Å². The van der Waals surface area contributed by atoms with E-state index in [9.17, 15) is 14.7 Å². The molecular formula is C16H15N3O4. The monoisotopic (exact) mass is 313 g/mol. The van der Waals surface area contributed by atoms with Gasteiger partial charge in [-0.15, -0.1) is 0 Å². The van der Waals surface area contributed by atoms with E-state index in [1.54, 1.807) is 13.8 Å². The lowest BCUT2D eigenvalue weighted by Gasteiger charge is -2.31. The molecule has 4 rings (SSSR count). The Morgan fingerprint density at radius 1 is 1.39 bits per heavy atom. The molecule has 3 saturated heterocycles. The molecule has 2 amide bonds. The van der Waals surface area contributed by atoms with Gasteiger partial charge in [-0.1, -0.05) is 0 Å². The topological polar surface area (TPSA) is 104 Å². The number of imide groups is 1. The first-order valence-electron chi connectivity index (χ1n) is 7.44. The minimum atomic E-state index is -1.05. The normalized spacial score (nSPS) is 41.3. The summed E-state index contributed by atoms with van der Waals surface area (Å²) in [5.41, 5.74) is -1.42. The molecule has 3 fully saturated rings. The lowest BCUT2D eigenvalue weighted by molar-refractivity contribution is -0.132. The van der Waals surface area contributed by atoms with E-state index in [0.717, 1.165) is 4.90 Å². The van der Waals surface area contributed by atoms with Crippen molar-refractivity contribution in [2.45, 2.75) is 37.6 Å². The molecule has 0 radical (unpaired) electrons. The SMILES string of the molecule is C[C@]12O[C@](C)(C[C@@H]1O)[C@H]1C(=O)N(c3ccnc(C#N)c3)C(=O)[C@H]12. The number of aliphatic hydroxyl groups is 1. The average molecular weight is 313 g/mol. The smallest absolute Gasteiger partial charge is 0.240 e. The number of nitriles is 1. The molecule has 0 spiro atoms. The minimum absolute atomic E-state index is 0.136. The highest BCUT2D eigenvalue weighted by Gasteiger charge is 2.75. The van der Waals surface area contributed by atoms with Crippen molar-refractivity contribution in [3.8, 4) is 6.07 Å². The Morgan fingerprint density at radius 2 is 2.09 bits per heavy atom. The van der Waals surface area contributed by atoms with Gasteiger partial charge in [0, 0.05) is 12.6 Å². The fourth-order valence-corrected chi connectivity index (χ4v) is 4.40. The second kappa shape index (κ2) is 4.16. The van der Waals surface area contributed by atoms with E-state index in [1.165, 1.54) is 18.3 Å². The van der Waals surface area contributed by atoms with E-state index in [4.69, 9.17) is 10.00 Å². The summed E-state index contributed by atoms with van der Waals surface area (Å²) < 4.78 is 5.91. The zero-order valence-corrected chi connectivity index (χ0v) is 12.7. The Labute approximate surface area is 132 Å². The molecule has 1 aromatic heterocycles. The number of carbonyl (C=O) groups excluding carboxylic acids is 2. The molecule has 23 heavy (non-hydrogen) atoms. The van der Waals surface area contributed by atoms with Gasteiger partial charge < -0.3 is 9.84 Å². The van der Waals surface area contributed by atoms with Gasteiger partial charge in [0.25, 0.3) is 0 Å². The number of aromatic nitrogens is 1. The first-order valence-corrected chi connectivity index (χ1v) is 7.44. The molecule has 2 bridgehead atoms. The van der Waals surface area contributed by atoms with Gasteiger partial charge in [0.15, 0.2) is 0 Å². The summed E-state index contributed by atoms with van der Waals surface area (Å²) in [6.07, 6.45) is 0.945. The van der Waals surface area contributed by atoms with Crippen molar-refractivity contribution in [3.63, 3.8) is 0 Å². The van der Waals surface area contributed by atoms with Gasteiger partial charge >= 0.3 is 0 Å². The maximum absolute atomic E-state index is 12.9. The van der Waals surface area contributed by atoms with Crippen molar-refractivity contribution in [2.75, 3.05) is 4.90 Å². The fourth-order valence-electron chi connectivity index (χ4n) is 4.40. The van der Waals surface area contributed by atoms with Gasteiger partial charge in [0.2, 0.25) is 11.8 Å². The summed E-state index contributed by atoms with van der Waals surface area (Å²) >= 11 is 0.